The van der Waals surface area contributed by atoms with E-state index in [1.54, 1.807) is 0 Å². The number of carbonyl (C=O) groups excluding carboxylic acids is 1. The minimum Gasteiger partial charge on any atom is -0.369 e. The summed E-state index contributed by atoms with van der Waals surface area (Å²) in [6, 6.07) is 7.39. The van der Waals surface area contributed by atoms with Gasteiger partial charge in [-0.25, -0.2) is 0 Å². The fourth-order valence-corrected chi connectivity index (χ4v) is 1.09. The van der Waals surface area contributed by atoms with Gasteiger partial charge in [-0.1, -0.05) is 30.7 Å². The van der Waals surface area contributed by atoms with E-state index in [-0.39, 0.29) is 12.4 Å². The summed E-state index contributed by atoms with van der Waals surface area (Å²) in [5, 5.41) is 0.707. The van der Waals surface area contributed by atoms with E-state index in [1.807, 2.05) is 31.2 Å². The van der Waals surface area contributed by atoms with Gasteiger partial charge in [0.1, 0.15) is 6.61 Å². The van der Waals surface area contributed by atoms with E-state index >= 15 is 0 Å². The summed E-state index contributed by atoms with van der Waals surface area (Å²) in [6.07, 6.45) is 0.528. The highest BCUT2D eigenvalue weighted by molar-refractivity contribution is 6.30. The van der Waals surface area contributed by atoms with Gasteiger partial charge in [0, 0.05) is 11.4 Å². The Morgan fingerprint density at radius 3 is 2.57 bits per heavy atom. The van der Waals surface area contributed by atoms with Crippen LogP contribution in [0.2, 0.25) is 5.02 Å². The maximum atomic E-state index is 10.9. The number of hydrogen-bond acceptors (Lipinski definition) is 2. The molecular weight excluding hydrogens is 200 g/mol. The number of ketones is 1. The normalized spacial score (nSPS) is 10.1. The average molecular weight is 213 g/mol. The summed E-state index contributed by atoms with van der Waals surface area (Å²) in [6.45, 7) is 2.48. The van der Waals surface area contributed by atoms with E-state index in [0.717, 1.165) is 5.56 Å². The van der Waals surface area contributed by atoms with Crippen molar-refractivity contribution in [2.45, 2.75) is 20.0 Å². The number of halogens is 1. The zero-order chi connectivity index (χ0) is 10.4. The summed E-state index contributed by atoms with van der Waals surface area (Å²) in [5.41, 5.74) is 1.03. The van der Waals surface area contributed by atoms with Crippen LogP contribution in [-0.4, -0.2) is 12.4 Å². The standard InChI is InChI=1S/C11H13ClO2/c1-2-11(13)8-14-7-9-3-5-10(12)6-4-9/h3-6H,2,7-8H2,1H3. The van der Waals surface area contributed by atoms with Crippen molar-refractivity contribution >= 4 is 17.4 Å². The maximum Gasteiger partial charge on any atom is 0.158 e. The molecule has 14 heavy (non-hydrogen) atoms. The molecule has 0 aliphatic rings. The number of carbonyl (C=O) groups is 1. The van der Waals surface area contributed by atoms with Crippen LogP contribution in [0.1, 0.15) is 18.9 Å². The molecule has 76 valence electrons. The van der Waals surface area contributed by atoms with Crippen molar-refractivity contribution in [3.63, 3.8) is 0 Å². The van der Waals surface area contributed by atoms with Gasteiger partial charge in [-0.15, -0.1) is 0 Å². The lowest BCUT2D eigenvalue weighted by atomic mass is 10.2. The second-order valence-electron chi connectivity index (χ2n) is 3.01. The summed E-state index contributed by atoms with van der Waals surface area (Å²) in [5.74, 6) is 0.124. The monoisotopic (exact) mass is 212 g/mol. The second kappa shape index (κ2) is 5.78. The molecule has 0 amide bonds. The van der Waals surface area contributed by atoms with Crippen molar-refractivity contribution in [2.24, 2.45) is 0 Å². The minimum absolute atomic E-state index is 0.124. The molecule has 0 spiro atoms. The lowest BCUT2D eigenvalue weighted by molar-refractivity contribution is -0.123. The molecule has 0 heterocycles. The molecule has 1 aromatic rings. The third-order valence-electron chi connectivity index (χ3n) is 1.84. The van der Waals surface area contributed by atoms with Crippen LogP contribution in [0.15, 0.2) is 24.3 Å². The molecule has 1 aromatic carbocycles. The van der Waals surface area contributed by atoms with Crippen LogP contribution in [0.3, 0.4) is 0 Å². The first-order valence-corrected chi connectivity index (χ1v) is 4.94. The number of rotatable bonds is 5. The van der Waals surface area contributed by atoms with E-state index in [0.29, 0.717) is 18.1 Å². The molecule has 3 heteroatoms. The highest BCUT2D eigenvalue weighted by Crippen LogP contribution is 2.10. The van der Waals surface area contributed by atoms with Crippen LogP contribution >= 0.6 is 11.6 Å². The van der Waals surface area contributed by atoms with Gasteiger partial charge in [-0.3, -0.25) is 4.79 Å². The smallest absolute Gasteiger partial charge is 0.158 e. The van der Waals surface area contributed by atoms with Crippen LogP contribution in [0.5, 0.6) is 0 Å². The van der Waals surface area contributed by atoms with Crippen molar-refractivity contribution < 1.29 is 9.53 Å². The highest BCUT2D eigenvalue weighted by Gasteiger charge is 1.98. The van der Waals surface area contributed by atoms with Crippen LogP contribution in [0.4, 0.5) is 0 Å². The second-order valence-corrected chi connectivity index (χ2v) is 3.45. The van der Waals surface area contributed by atoms with E-state index < -0.39 is 0 Å². The lowest BCUT2D eigenvalue weighted by Crippen LogP contribution is -2.06. The van der Waals surface area contributed by atoms with Gasteiger partial charge >= 0.3 is 0 Å². The van der Waals surface area contributed by atoms with Crippen molar-refractivity contribution in [3.05, 3.63) is 34.9 Å². The van der Waals surface area contributed by atoms with Crippen LogP contribution < -0.4 is 0 Å². The fraction of sp³-hybridized carbons (Fsp3) is 0.364. The molecule has 0 saturated carbocycles. The zero-order valence-electron chi connectivity index (χ0n) is 8.13. The van der Waals surface area contributed by atoms with E-state index in [9.17, 15) is 4.79 Å². The van der Waals surface area contributed by atoms with Crippen molar-refractivity contribution in [3.8, 4) is 0 Å². The van der Waals surface area contributed by atoms with Gasteiger partial charge in [0.15, 0.2) is 5.78 Å². The fourth-order valence-electron chi connectivity index (χ4n) is 0.965. The van der Waals surface area contributed by atoms with Crippen molar-refractivity contribution in [2.75, 3.05) is 6.61 Å². The molecule has 1 rings (SSSR count). The molecule has 0 N–H and O–H groups in total. The van der Waals surface area contributed by atoms with Gasteiger partial charge in [-0.2, -0.15) is 0 Å². The average Bonchev–Trinajstić information content (AvgIpc) is 2.21. The number of benzene rings is 1. The Labute approximate surface area is 88.8 Å². The predicted octanol–water partition coefficient (Wildman–Crippen LogP) is 2.84. The molecule has 0 saturated heterocycles. The Hall–Kier alpha value is -0.860. The predicted molar refractivity (Wildman–Crippen MR) is 56.4 cm³/mol. The molecule has 0 aromatic heterocycles. The summed E-state index contributed by atoms with van der Waals surface area (Å²) < 4.78 is 5.22. The lowest BCUT2D eigenvalue weighted by Gasteiger charge is -2.02. The SMILES string of the molecule is CCC(=O)COCc1ccc(Cl)cc1. The Balaban J connectivity index is 2.31. The summed E-state index contributed by atoms with van der Waals surface area (Å²) >= 11 is 5.72. The van der Waals surface area contributed by atoms with Gasteiger partial charge in [0.25, 0.3) is 0 Å². The Morgan fingerprint density at radius 2 is 2.00 bits per heavy atom. The molecule has 0 radical (unpaired) electrons. The summed E-state index contributed by atoms with van der Waals surface area (Å²) in [7, 11) is 0. The Morgan fingerprint density at radius 1 is 1.36 bits per heavy atom. The van der Waals surface area contributed by atoms with Gasteiger partial charge in [0.2, 0.25) is 0 Å². The maximum absolute atomic E-state index is 10.9. The zero-order valence-corrected chi connectivity index (χ0v) is 8.88. The van der Waals surface area contributed by atoms with Crippen molar-refractivity contribution in [1.82, 2.24) is 0 Å². The van der Waals surface area contributed by atoms with Crippen LogP contribution in [-0.2, 0) is 16.1 Å². The third kappa shape index (κ3) is 3.90. The van der Waals surface area contributed by atoms with Gasteiger partial charge < -0.3 is 4.74 Å². The molecule has 2 nitrogen and oxygen atoms in total. The van der Waals surface area contributed by atoms with Crippen LogP contribution in [0, 0.1) is 0 Å². The third-order valence-corrected chi connectivity index (χ3v) is 2.09. The topological polar surface area (TPSA) is 26.3 Å². The number of hydrogen-bond donors (Lipinski definition) is 0. The molecule has 0 atom stereocenters. The van der Waals surface area contributed by atoms with E-state index in [1.165, 1.54) is 0 Å². The first kappa shape index (κ1) is 11.2. The number of Topliss-reactive ketones (excluding diaryl/α,β-unsaturated/α-hetero) is 1. The quantitative estimate of drug-likeness (QED) is 0.750. The molecular formula is C11H13ClO2. The number of ether oxygens (including phenoxy) is 1. The Bertz CT molecular complexity index is 293. The van der Waals surface area contributed by atoms with E-state index in [2.05, 4.69) is 0 Å². The first-order valence-electron chi connectivity index (χ1n) is 4.56. The molecule has 0 aliphatic carbocycles. The first-order chi connectivity index (χ1) is 6.72. The highest BCUT2D eigenvalue weighted by atomic mass is 35.5. The molecule has 0 aliphatic heterocycles. The van der Waals surface area contributed by atoms with E-state index in [4.69, 9.17) is 16.3 Å². The Kier molecular flexibility index (Phi) is 4.63. The van der Waals surface area contributed by atoms with Gasteiger partial charge in [0.05, 0.1) is 6.61 Å². The summed E-state index contributed by atoms with van der Waals surface area (Å²) in [4.78, 5) is 10.9. The molecule has 0 fully saturated rings. The van der Waals surface area contributed by atoms with Crippen LogP contribution in [0.25, 0.3) is 0 Å². The minimum atomic E-state index is 0.124. The molecule has 0 unspecified atom stereocenters. The van der Waals surface area contributed by atoms with Gasteiger partial charge in [-0.05, 0) is 17.7 Å². The van der Waals surface area contributed by atoms with Crippen molar-refractivity contribution in [1.29, 1.82) is 0 Å². The molecule has 0 bridgehead atoms. The largest absolute Gasteiger partial charge is 0.369 e.